The van der Waals surface area contributed by atoms with Crippen molar-refractivity contribution >= 4 is 22.4 Å². The summed E-state index contributed by atoms with van der Waals surface area (Å²) in [6.07, 6.45) is 3.84. The number of hydrogen-bond acceptors (Lipinski definition) is 5. The van der Waals surface area contributed by atoms with E-state index < -0.39 is 0 Å². The molecule has 0 unspecified atom stereocenters. The number of hydrogen-bond donors (Lipinski definition) is 1. The van der Waals surface area contributed by atoms with Crippen molar-refractivity contribution in [3.8, 4) is 0 Å². The first-order chi connectivity index (χ1) is 15.1. The molecule has 0 bridgehead atoms. The lowest BCUT2D eigenvalue weighted by Crippen LogP contribution is -2.34. The molecule has 1 aliphatic heterocycles. The van der Waals surface area contributed by atoms with Crippen molar-refractivity contribution in [2.45, 2.75) is 32.5 Å². The highest BCUT2D eigenvalue weighted by Gasteiger charge is 2.16. The van der Waals surface area contributed by atoms with Gasteiger partial charge < -0.3 is 10.2 Å². The maximum Gasteiger partial charge on any atom is 0.275 e. The minimum atomic E-state index is -0.305. The number of anilines is 1. The third-order valence-corrected chi connectivity index (χ3v) is 5.80. The Hall–Kier alpha value is -3.19. The van der Waals surface area contributed by atoms with Crippen molar-refractivity contribution in [3.63, 3.8) is 0 Å². The molecule has 162 valence electrons. The molecule has 1 fully saturated rings. The molecule has 1 aliphatic rings. The molecule has 2 aromatic carbocycles. The maximum atomic E-state index is 12.9. The number of amides is 1. The van der Waals surface area contributed by atoms with Gasteiger partial charge in [0.05, 0.1) is 12.1 Å². The quantitative estimate of drug-likeness (QED) is 0.665. The molecule has 1 saturated heterocycles. The van der Waals surface area contributed by atoms with Crippen molar-refractivity contribution in [2.24, 2.45) is 0 Å². The number of carbonyl (C=O) groups is 1. The number of carbonyl (C=O) groups excluding carboxylic acids is 1. The average Bonchev–Trinajstić information content (AvgIpc) is 2.81. The number of rotatable bonds is 6. The van der Waals surface area contributed by atoms with Gasteiger partial charge in [-0.3, -0.25) is 14.5 Å². The van der Waals surface area contributed by atoms with Crippen LogP contribution in [0, 0.1) is 0 Å². The van der Waals surface area contributed by atoms with E-state index in [1.54, 1.807) is 31.3 Å². The Morgan fingerprint density at radius 2 is 1.71 bits per heavy atom. The van der Waals surface area contributed by atoms with Crippen LogP contribution in [0.1, 0.15) is 35.3 Å². The van der Waals surface area contributed by atoms with Gasteiger partial charge in [0, 0.05) is 37.8 Å². The molecule has 1 aromatic heterocycles. The molecule has 7 nitrogen and oxygen atoms in total. The highest BCUT2D eigenvalue weighted by atomic mass is 16.2. The molecule has 1 amide bonds. The third kappa shape index (κ3) is 4.61. The second-order valence-electron chi connectivity index (χ2n) is 8.15. The molecule has 3 aromatic rings. The van der Waals surface area contributed by atoms with Crippen LogP contribution in [0.4, 0.5) is 5.69 Å². The van der Waals surface area contributed by atoms with Crippen LogP contribution in [0.5, 0.6) is 0 Å². The standard InChI is InChI=1S/C24H29N5O2/c1-25-23(30)22-20-8-4-5-9-21(20)24(31)29(26-22)17-27(2)16-18-10-12-19(13-11-18)28-14-6-3-7-15-28/h4-5,8-13H,3,6-7,14-17H2,1-2H3,(H,25,30). The Kier molecular flexibility index (Phi) is 6.32. The van der Waals surface area contributed by atoms with Gasteiger partial charge in [-0.05, 0) is 50.1 Å². The van der Waals surface area contributed by atoms with Crippen molar-refractivity contribution in [1.29, 1.82) is 0 Å². The smallest absolute Gasteiger partial charge is 0.275 e. The van der Waals surface area contributed by atoms with E-state index in [-0.39, 0.29) is 17.2 Å². The van der Waals surface area contributed by atoms with Crippen LogP contribution in [0.2, 0.25) is 0 Å². The van der Waals surface area contributed by atoms with Gasteiger partial charge in [0.2, 0.25) is 0 Å². The van der Waals surface area contributed by atoms with E-state index in [2.05, 4.69) is 39.6 Å². The highest BCUT2D eigenvalue weighted by Crippen LogP contribution is 2.20. The van der Waals surface area contributed by atoms with Gasteiger partial charge in [-0.2, -0.15) is 5.10 Å². The molecular weight excluding hydrogens is 390 g/mol. The van der Waals surface area contributed by atoms with Crippen LogP contribution in [-0.4, -0.2) is 47.8 Å². The number of nitrogens with one attached hydrogen (secondary N) is 1. The summed E-state index contributed by atoms with van der Waals surface area (Å²) in [5.41, 5.74) is 2.50. The summed E-state index contributed by atoms with van der Waals surface area (Å²) in [5, 5.41) is 8.05. The van der Waals surface area contributed by atoms with Crippen LogP contribution in [0.3, 0.4) is 0 Å². The molecule has 31 heavy (non-hydrogen) atoms. The van der Waals surface area contributed by atoms with E-state index in [4.69, 9.17) is 0 Å². The molecule has 4 rings (SSSR count). The monoisotopic (exact) mass is 419 g/mol. The lowest BCUT2D eigenvalue weighted by Gasteiger charge is -2.29. The van der Waals surface area contributed by atoms with Crippen LogP contribution in [-0.2, 0) is 13.2 Å². The van der Waals surface area contributed by atoms with E-state index in [1.807, 2.05) is 11.9 Å². The number of fused-ring (bicyclic) bond motifs is 1. The molecule has 0 spiro atoms. The number of benzene rings is 2. The first-order valence-corrected chi connectivity index (χ1v) is 10.8. The second-order valence-corrected chi connectivity index (χ2v) is 8.15. The van der Waals surface area contributed by atoms with Crippen molar-refractivity contribution in [1.82, 2.24) is 20.0 Å². The van der Waals surface area contributed by atoms with Gasteiger partial charge in [-0.1, -0.05) is 30.3 Å². The van der Waals surface area contributed by atoms with Gasteiger partial charge in [0.25, 0.3) is 11.5 Å². The lowest BCUT2D eigenvalue weighted by molar-refractivity contribution is 0.0956. The SMILES string of the molecule is CNC(=O)c1nn(CN(C)Cc2ccc(N3CCCCC3)cc2)c(=O)c2ccccc12. The van der Waals surface area contributed by atoms with E-state index >= 15 is 0 Å². The fourth-order valence-electron chi connectivity index (χ4n) is 4.17. The predicted molar refractivity (Wildman–Crippen MR) is 123 cm³/mol. The molecular formula is C24H29N5O2. The van der Waals surface area contributed by atoms with E-state index in [0.717, 1.165) is 13.1 Å². The second kappa shape index (κ2) is 9.31. The van der Waals surface area contributed by atoms with Gasteiger partial charge in [0.1, 0.15) is 0 Å². The van der Waals surface area contributed by atoms with Gasteiger partial charge in [-0.25, -0.2) is 4.68 Å². The summed E-state index contributed by atoms with van der Waals surface area (Å²) in [7, 11) is 3.51. The third-order valence-electron chi connectivity index (χ3n) is 5.80. The molecule has 0 atom stereocenters. The van der Waals surface area contributed by atoms with Crippen molar-refractivity contribution < 1.29 is 4.79 Å². The average molecular weight is 420 g/mol. The lowest BCUT2D eigenvalue weighted by atomic mass is 10.1. The summed E-state index contributed by atoms with van der Waals surface area (Å²) in [5.74, 6) is -0.305. The van der Waals surface area contributed by atoms with Crippen LogP contribution in [0.25, 0.3) is 10.8 Å². The summed E-state index contributed by atoms with van der Waals surface area (Å²) >= 11 is 0. The van der Waals surface area contributed by atoms with Crippen LogP contribution >= 0.6 is 0 Å². The first-order valence-electron chi connectivity index (χ1n) is 10.8. The van der Waals surface area contributed by atoms with Gasteiger partial charge in [-0.15, -0.1) is 0 Å². The fraction of sp³-hybridized carbons (Fsp3) is 0.375. The zero-order valence-corrected chi connectivity index (χ0v) is 18.2. The Balaban J connectivity index is 1.52. The Bertz CT molecular complexity index is 1120. The zero-order valence-electron chi connectivity index (χ0n) is 18.2. The van der Waals surface area contributed by atoms with E-state index in [1.165, 1.54) is 35.2 Å². The molecule has 7 heteroatoms. The summed E-state index contributed by atoms with van der Waals surface area (Å²) in [6.45, 7) is 3.23. The fourth-order valence-corrected chi connectivity index (χ4v) is 4.17. The number of nitrogens with zero attached hydrogens (tertiary/aromatic N) is 4. The predicted octanol–water partition coefficient (Wildman–Crippen LogP) is 2.84. The largest absolute Gasteiger partial charge is 0.372 e. The number of aromatic nitrogens is 2. The summed E-state index contributed by atoms with van der Waals surface area (Å²) < 4.78 is 1.37. The first kappa shape index (κ1) is 21.1. The molecule has 1 N–H and O–H groups in total. The summed E-state index contributed by atoms with van der Waals surface area (Å²) in [4.78, 5) is 29.7. The Morgan fingerprint density at radius 3 is 2.39 bits per heavy atom. The van der Waals surface area contributed by atoms with Gasteiger partial charge >= 0.3 is 0 Å². The molecule has 2 heterocycles. The Labute approximate surface area is 182 Å². The minimum absolute atomic E-state index is 0.199. The normalized spacial score (nSPS) is 14.2. The molecule has 0 aliphatic carbocycles. The number of piperidine rings is 1. The van der Waals surface area contributed by atoms with Crippen molar-refractivity contribution in [2.75, 3.05) is 32.1 Å². The van der Waals surface area contributed by atoms with E-state index in [9.17, 15) is 9.59 Å². The summed E-state index contributed by atoms with van der Waals surface area (Å²) in [6, 6.07) is 15.8. The van der Waals surface area contributed by atoms with Crippen LogP contribution < -0.4 is 15.8 Å². The minimum Gasteiger partial charge on any atom is -0.372 e. The van der Waals surface area contributed by atoms with Gasteiger partial charge in [0.15, 0.2) is 5.69 Å². The van der Waals surface area contributed by atoms with E-state index in [0.29, 0.717) is 24.0 Å². The highest BCUT2D eigenvalue weighted by molar-refractivity contribution is 6.04. The topological polar surface area (TPSA) is 70.5 Å². The molecule has 0 radical (unpaired) electrons. The zero-order chi connectivity index (χ0) is 21.8. The van der Waals surface area contributed by atoms with Crippen molar-refractivity contribution in [3.05, 3.63) is 70.1 Å². The maximum absolute atomic E-state index is 12.9. The van der Waals surface area contributed by atoms with Crippen LogP contribution in [0.15, 0.2) is 53.3 Å². The Morgan fingerprint density at radius 1 is 1.03 bits per heavy atom. The molecule has 0 saturated carbocycles.